The highest BCUT2D eigenvalue weighted by Gasteiger charge is 2.06. The second-order valence-electron chi connectivity index (χ2n) is 3.46. The lowest BCUT2D eigenvalue weighted by Gasteiger charge is -2.02. The van der Waals surface area contributed by atoms with Crippen LogP contribution in [0, 0.1) is 0 Å². The summed E-state index contributed by atoms with van der Waals surface area (Å²) >= 11 is 0. The minimum absolute atomic E-state index is 0.0482. The monoisotopic (exact) mass is 230 g/mol. The zero-order valence-corrected chi connectivity index (χ0v) is 8.87. The molecule has 0 saturated carbocycles. The zero-order chi connectivity index (χ0) is 12.3. The van der Waals surface area contributed by atoms with E-state index < -0.39 is 5.97 Å². The fourth-order valence-electron chi connectivity index (χ4n) is 1.40. The maximum absolute atomic E-state index is 10.6. The average molecular weight is 230 g/mol. The topological polar surface area (TPSA) is 83.3 Å². The third-order valence-electron chi connectivity index (χ3n) is 2.27. The molecule has 0 amide bonds. The molecular weight excluding hydrogens is 220 g/mol. The van der Waals surface area contributed by atoms with Gasteiger partial charge in [-0.3, -0.25) is 0 Å². The summed E-state index contributed by atoms with van der Waals surface area (Å²) in [6, 6.07) is 7.13. The Morgan fingerprint density at radius 2 is 1.94 bits per heavy atom. The molecule has 2 aromatic rings. The van der Waals surface area contributed by atoms with Crippen LogP contribution in [0.2, 0.25) is 0 Å². The Morgan fingerprint density at radius 3 is 2.53 bits per heavy atom. The fraction of sp³-hybridized carbons (Fsp3) is 0.0833. The molecule has 1 heterocycles. The van der Waals surface area contributed by atoms with E-state index in [0.717, 1.165) is 11.1 Å². The number of carboxylic acids is 1. The molecule has 0 radical (unpaired) electrons. The van der Waals surface area contributed by atoms with E-state index in [4.69, 9.17) is 10.2 Å². The lowest BCUT2D eigenvalue weighted by atomic mass is 10.1. The summed E-state index contributed by atoms with van der Waals surface area (Å²) in [6.07, 6.45) is 2.52. The molecule has 1 aromatic carbocycles. The number of benzene rings is 1. The van der Waals surface area contributed by atoms with Gasteiger partial charge in [-0.05, 0) is 11.6 Å². The lowest BCUT2D eigenvalue weighted by molar-refractivity contribution is 0.0696. The molecule has 0 atom stereocenters. The number of hydrogen-bond acceptors (Lipinski definition) is 4. The molecule has 0 unspecified atom stereocenters. The summed E-state index contributed by atoms with van der Waals surface area (Å²) in [6.45, 7) is -0.0545. The molecule has 17 heavy (non-hydrogen) atoms. The predicted octanol–water partition coefficient (Wildman–Crippen LogP) is 1.33. The van der Waals surface area contributed by atoms with E-state index in [2.05, 4.69) is 9.97 Å². The van der Waals surface area contributed by atoms with Crippen molar-refractivity contribution < 1.29 is 15.0 Å². The first-order valence-corrected chi connectivity index (χ1v) is 4.96. The molecule has 0 saturated heterocycles. The van der Waals surface area contributed by atoms with Crippen LogP contribution in [0.3, 0.4) is 0 Å². The normalized spacial score (nSPS) is 10.2. The van der Waals surface area contributed by atoms with Gasteiger partial charge in [0.25, 0.3) is 0 Å². The lowest BCUT2D eigenvalue weighted by Crippen LogP contribution is -1.99. The van der Waals surface area contributed by atoms with Gasteiger partial charge in [0.05, 0.1) is 12.2 Å². The molecule has 0 fully saturated rings. The SMILES string of the molecule is O=C(O)c1cnc(-c2cccc(CO)c2)nc1. The van der Waals surface area contributed by atoms with Crippen LogP contribution in [0.1, 0.15) is 15.9 Å². The van der Waals surface area contributed by atoms with Gasteiger partial charge in [-0.25, -0.2) is 14.8 Å². The van der Waals surface area contributed by atoms with Crippen molar-refractivity contribution in [3.63, 3.8) is 0 Å². The van der Waals surface area contributed by atoms with E-state index in [1.54, 1.807) is 24.3 Å². The molecule has 0 aliphatic heterocycles. The molecule has 2 N–H and O–H groups in total. The van der Waals surface area contributed by atoms with E-state index >= 15 is 0 Å². The Bertz CT molecular complexity index is 538. The van der Waals surface area contributed by atoms with Crippen LogP contribution < -0.4 is 0 Å². The van der Waals surface area contributed by atoms with Crippen LogP contribution in [0.25, 0.3) is 11.4 Å². The second-order valence-corrected chi connectivity index (χ2v) is 3.46. The molecule has 86 valence electrons. The summed E-state index contributed by atoms with van der Waals surface area (Å²) in [4.78, 5) is 18.6. The third-order valence-corrected chi connectivity index (χ3v) is 2.27. The van der Waals surface area contributed by atoms with Crippen molar-refractivity contribution in [1.82, 2.24) is 9.97 Å². The van der Waals surface area contributed by atoms with Gasteiger partial charge >= 0.3 is 5.97 Å². The fourth-order valence-corrected chi connectivity index (χ4v) is 1.40. The number of aliphatic hydroxyl groups is 1. The van der Waals surface area contributed by atoms with Crippen molar-refractivity contribution in [2.24, 2.45) is 0 Å². The summed E-state index contributed by atoms with van der Waals surface area (Å²) in [7, 11) is 0. The summed E-state index contributed by atoms with van der Waals surface area (Å²) in [5, 5.41) is 17.7. The Labute approximate surface area is 97.4 Å². The number of aliphatic hydroxyl groups excluding tert-OH is 1. The van der Waals surface area contributed by atoms with E-state index in [9.17, 15) is 4.79 Å². The second kappa shape index (κ2) is 4.71. The van der Waals surface area contributed by atoms with Crippen molar-refractivity contribution in [2.45, 2.75) is 6.61 Å². The van der Waals surface area contributed by atoms with Gasteiger partial charge in [-0.2, -0.15) is 0 Å². The summed E-state index contributed by atoms with van der Waals surface area (Å²) in [5.74, 6) is -0.619. The number of carbonyl (C=O) groups is 1. The number of rotatable bonds is 3. The Balaban J connectivity index is 2.36. The van der Waals surface area contributed by atoms with Crippen LogP contribution in [0.4, 0.5) is 0 Å². The van der Waals surface area contributed by atoms with Gasteiger partial charge in [0.15, 0.2) is 5.82 Å². The maximum Gasteiger partial charge on any atom is 0.338 e. The van der Waals surface area contributed by atoms with Crippen LogP contribution >= 0.6 is 0 Å². The molecule has 1 aromatic heterocycles. The Morgan fingerprint density at radius 1 is 1.24 bits per heavy atom. The summed E-state index contributed by atoms with van der Waals surface area (Å²) < 4.78 is 0. The predicted molar refractivity (Wildman–Crippen MR) is 60.4 cm³/mol. The van der Waals surface area contributed by atoms with Crippen molar-refractivity contribution in [1.29, 1.82) is 0 Å². The van der Waals surface area contributed by atoms with Gasteiger partial charge in [0, 0.05) is 18.0 Å². The molecule has 0 spiro atoms. The molecular formula is C12H10N2O3. The molecule has 0 aliphatic rings. The quantitative estimate of drug-likeness (QED) is 0.831. The smallest absolute Gasteiger partial charge is 0.338 e. The van der Waals surface area contributed by atoms with Crippen LogP contribution in [-0.4, -0.2) is 26.2 Å². The molecule has 5 nitrogen and oxygen atoms in total. The first-order chi connectivity index (χ1) is 8.20. The Hall–Kier alpha value is -2.27. The van der Waals surface area contributed by atoms with E-state index in [1.165, 1.54) is 12.4 Å². The molecule has 0 bridgehead atoms. The van der Waals surface area contributed by atoms with Crippen molar-refractivity contribution in [2.75, 3.05) is 0 Å². The third kappa shape index (κ3) is 2.46. The van der Waals surface area contributed by atoms with Gasteiger partial charge in [-0.1, -0.05) is 18.2 Å². The highest BCUT2D eigenvalue weighted by Crippen LogP contribution is 2.16. The van der Waals surface area contributed by atoms with Gasteiger partial charge in [0.1, 0.15) is 0 Å². The largest absolute Gasteiger partial charge is 0.478 e. The standard InChI is InChI=1S/C12H10N2O3/c15-7-8-2-1-3-9(4-8)11-13-5-10(6-14-11)12(16)17/h1-6,15H,7H2,(H,16,17). The van der Waals surface area contributed by atoms with E-state index in [1.807, 2.05) is 0 Å². The Kier molecular flexibility index (Phi) is 3.11. The number of aromatic carboxylic acids is 1. The van der Waals surface area contributed by atoms with Crippen molar-refractivity contribution >= 4 is 5.97 Å². The van der Waals surface area contributed by atoms with Gasteiger partial charge < -0.3 is 10.2 Å². The number of aromatic nitrogens is 2. The first-order valence-electron chi connectivity index (χ1n) is 4.96. The van der Waals surface area contributed by atoms with E-state index in [-0.39, 0.29) is 12.2 Å². The van der Waals surface area contributed by atoms with Crippen molar-refractivity contribution in [3.05, 3.63) is 47.8 Å². The zero-order valence-electron chi connectivity index (χ0n) is 8.87. The minimum Gasteiger partial charge on any atom is -0.478 e. The number of nitrogens with zero attached hydrogens (tertiary/aromatic N) is 2. The molecule has 0 aliphatic carbocycles. The van der Waals surface area contributed by atoms with E-state index in [0.29, 0.717) is 5.82 Å². The molecule has 5 heteroatoms. The van der Waals surface area contributed by atoms with Crippen LogP contribution in [0.15, 0.2) is 36.7 Å². The van der Waals surface area contributed by atoms with Gasteiger partial charge in [0.2, 0.25) is 0 Å². The van der Waals surface area contributed by atoms with Crippen LogP contribution in [-0.2, 0) is 6.61 Å². The van der Waals surface area contributed by atoms with Crippen LogP contribution in [0.5, 0.6) is 0 Å². The average Bonchev–Trinajstić information content (AvgIpc) is 2.39. The molecule has 2 rings (SSSR count). The first kappa shape index (κ1) is 11.2. The number of hydrogen-bond donors (Lipinski definition) is 2. The summed E-state index contributed by atoms with van der Waals surface area (Å²) in [5.41, 5.74) is 1.55. The minimum atomic E-state index is -1.05. The highest BCUT2D eigenvalue weighted by molar-refractivity contribution is 5.86. The highest BCUT2D eigenvalue weighted by atomic mass is 16.4. The van der Waals surface area contributed by atoms with Crippen molar-refractivity contribution in [3.8, 4) is 11.4 Å². The van der Waals surface area contributed by atoms with Gasteiger partial charge in [-0.15, -0.1) is 0 Å². The number of carboxylic acid groups (broad SMARTS) is 1. The maximum atomic E-state index is 10.6.